The van der Waals surface area contributed by atoms with Crippen LogP contribution in [0.4, 0.5) is 18.9 Å². The number of hydrogen-bond acceptors (Lipinski definition) is 1. The molecule has 0 radical (unpaired) electrons. The van der Waals surface area contributed by atoms with Crippen LogP contribution in [0, 0.1) is 17.5 Å². The highest BCUT2D eigenvalue weighted by Crippen LogP contribution is 2.26. The van der Waals surface area contributed by atoms with E-state index in [2.05, 4.69) is 21.2 Å². The summed E-state index contributed by atoms with van der Waals surface area (Å²) in [7, 11) is 0. The van der Waals surface area contributed by atoms with Gasteiger partial charge in [0.2, 0.25) is 0 Å². The molecule has 0 saturated heterocycles. The van der Waals surface area contributed by atoms with Crippen molar-refractivity contribution in [2.24, 2.45) is 0 Å². The molecule has 2 rings (SSSR count). The number of amides is 1. The van der Waals surface area contributed by atoms with Gasteiger partial charge in [0.25, 0.3) is 5.91 Å². The molecule has 0 aliphatic carbocycles. The van der Waals surface area contributed by atoms with Crippen LogP contribution in [0.5, 0.6) is 0 Å². The lowest BCUT2D eigenvalue weighted by molar-refractivity contribution is 0.101. The lowest BCUT2D eigenvalue weighted by atomic mass is 10.1. The molecular formula is C13H6BrClF3NO. The first kappa shape index (κ1) is 14.9. The molecule has 2 nitrogen and oxygen atoms in total. The number of rotatable bonds is 2. The third kappa shape index (κ3) is 2.96. The van der Waals surface area contributed by atoms with Crippen molar-refractivity contribution in [2.75, 3.05) is 5.32 Å². The van der Waals surface area contributed by atoms with Gasteiger partial charge in [0, 0.05) is 4.47 Å². The van der Waals surface area contributed by atoms with E-state index in [1.807, 2.05) is 0 Å². The third-order valence-electron chi connectivity index (χ3n) is 2.44. The zero-order valence-corrected chi connectivity index (χ0v) is 12.0. The molecule has 0 saturated carbocycles. The van der Waals surface area contributed by atoms with E-state index in [-0.39, 0.29) is 15.2 Å². The fraction of sp³-hybridized carbons (Fsp3) is 0. The number of nitrogens with one attached hydrogen (secondary N) is 1. The molecule has 0 aromatic heterocycles. The average molecular weight is 365 g/mol. The Labute approximate surface area is 125 Å². The molecule has 0 aliphatic rings. The summed E-state index contributed by atoms with van der Waals surface area (Å²) in [6.07, 6.45) is 0. The SMILES string of the molecule is O=C(Nc1c(F)cccc1Cl)c1c(F)cc(Br)cc1F. The Hall–Kier alpha value is -1.53. The van der Waals surface area contributed by atoms with Gasteiger partial charge in [0.1, 0.15) is 23.0 Å². The Morgan fingerprint density at radius 3 is 2.25 bits per heavy atom. The summed E-state index contributed by atoms with van der Waals surface area (Å²) < 4.78 is 40.9. The van der Waals surface area contributed by atoms with E-state index in [9.17, 15) is 18.0 Å². The first-order valence-corrected chi connectivity index (χ1v) is 6.47. The first-order chi connectivity index (χ1) is 9.40. The molecule has 0 bridgehead atoms. The van der Waals surface area contributed by atoms with Gasteiger partial charge in [-0.15, -0.1) is 0 Å². The second kappa shape index (κ2) is 5.85. The molecule has 7 heteroatoms. The van der Waals surface area contributed by atoms with Crippen LogP contribution in [0.15, 0.2) is 34.8 Å². The molecule has 0 aliphatic heterocycles. The fourth-order valence-electron chi connectivity index (χ4n) is 1.55. The number of carbonyl (C=O) groups excluding carboxylic acids is 1. The van der Waals surface area contributed by atoms with E-state index < -0.39 is 28.9 Å². The minimum absolute atomic E-state index is 0.0729. The average Bonchev–Trinajstić information content (AvgIpc) is 2.32. The molecule has 0 heterocycles. The minimum Gasteiger partial charge on any atom is -0.318 e. The van der Waals surface area contributed by atoms with Crippen molar-refractivity contribution in [2.45, 2.75) is 0 Å². The topological polar surface area (TPSA) is 29.1 Å². The maximum atomic E-state index is 13.6. The number of benzene rings is 2. The predicted octanol–water partition coefficient (Wildman–Crippen LogP) is 4.77. The highest BCUT2D eigenvalue weighted by atomic mass is 79.9. The number of halogens is 5. The van der Waals surface area contributed by atoms with Crippen LogP contribution in [-0.4, -0.2) is 5.91 Å². The van der Waals surface area contributed by atoms with Crippen LogP contribution in [0.2, 0.25) is 5.02 Å². The number of carbonyl (C=O) groups is 1. The van der Waals surface area contributed by atoms with Gasteiger partial charge in [-0.2, -0.15) is 0 Å². The van der Waals surface area contributed by atoms with Gasteiger partial charge in [-0.25, -0.2) is 13.2 Å². The maximum absolute atomic E-state index is 13.6. The monoisotopic (exact) mass is 363 g/mol. The van der Waals surface area contributed by atoms with E-state index in [1.54, 1.807) is 0 Å². The summed E-state index contributed by atoms with van der Waals surface area (Å²) in [5.74, 6) is -4.06. The zero-order chi connectivity index (χ0) is 14.9. The molecule has 0 fully saturated rings. The van der Waals surface area contributed by atoms with Crippen molar-refractivity contribution in [1.29, 1.82) is 0 Å². The summed E-state index contributed by atoms with van der Waals surface area (Å²) in [5.41, 5.74) is -1.14. The van der Waals surface area contributed by atoms with Crippen LogP contribution in [0.25, 0.3) is 0 Å². The minimum atomic E-state index is -1.13. The number of hydrogen-bond donors (Lipinski definition) is 1. The lowest BCUT2D eigenvalue weighted by Gasteiger charge is -2.09. The predicted molar refractivity (Wildman–Crippen MR) is 73.4 cm³/mol. The summed E-state index contributed by atoms with van der Waals surface area (Å²) in [5, 5.41) is 1.98. The molecular weight excluding hydrogens is 358 g/mol. The van der Waals surface area contributed by atoms with Crippen molar-refractivity contribution >= 4 is 39.1 Å². The normalized spacial score (nSPS) is 10.4. The summed E-state index contributed by atoms with van der Waals surface area (Å²) >= 11 is 8.61. The van der Waals surface area contributed by atoms with Gasteiger partial charge in [0.15, 0.2) is 0 Å². The molecule has 1 amide bonds. The van der Waals surface area contributed by atoms with Crippen molar-refractivity contribution in [1.82, 2.24) is 0 Å². The van der Waals surface area contributed by atoms with Crippen molar-refractivity contribution in [3.05, 3.63) is 62.8 Å². The second-order valence-electron chi connectivity index (χ2n) is 3.80. The Morgan fingerprint density at radius 2 is 1.70 bits per heavy atom. The summed E-state index contributed by atoms with van der Waals surface area (Å²) in [4.78, 5) is 11.8. The fourth-order valence-corrected chi connectivity index (χ4v) is 2.16. The zero-order valence-electron chi connectivity index (χ0n) is 9.68. The van der Waals surface area contributed by atoms with Gasteiger partial charge in [-0.3, -0.25) is 4.79 Å². The quantitative estimate of drug-likeness (QED) is 0.817. The van der Waals surface area contributed by atoms with Crippen LogP contribution in [0.3, 0.4) is 0 Å². The smallest absolute Gasteiger partial charge is 0.261 e. The standard InChI is InChI=1S/C13H6BrClF3NO/c14-6-4-9(17)11(10(18)5-6)13(20)19-12-7(15)2-1-3-8(12)16/h1-5H,(H,19,20). The van der Waals surface area contributed by atoms with Crippen LogP contribution in [0.1, 0.15) is 10.4 Å². The number of anilines is 1. The van der Waals surface area contributed by atoms with E-state index >= 15 is 0 Å². The Bertz CT molecular complexity index is 650. The van der Waals surface area contributed by atoms with Crippen molar-refractivity contribution in [3.63, 3.8) is 0 Å². The van der Waals surface area contributed by atoms with Gasteiger partial charge in [-0.05, 0) is 24.3 Å². The number of para-hydroxylation sites is 1. The first-order valence-electron chi connectivity index (χ1n) is 5.30. The molecule has 0 spiro atoms. The van der Waals surface area contributed by atoms with Gasteiger partial charge in [0.05, 0.1) is 10.7 Å². The highest BCUT2D eigenvalue weighted by Gasteiger charge is 2.20. The Morgan fingerprint density at radius 1 is 1.10 bits per heavy atom. The van der Waals surface area contributed by atoms with Crippen LogP contribution >= 0.6 is 27.5 Å². The molecule has 2 aromatic carbocycles. The maximum Gasteiger partial charge on any atom is 0.261 e. The van der Waals surface area contributed by atoms with Gasteiger partial charge < -0.3 is 5.32 Å². The molecule has 20 heavy (non-hydrogen) atoms. The highest BCUT2D eigenvalue weighted by molar-refractivity contribution is 9.10. The van der Waals surface area contributed by atoms with Gasteiger partial charge in [-0.1, -0.05) is 33.6 Å². The van der Waals surface area contributed by atoms with Crippen LogP contribution in [-0.2, 0) is 0 Å². The third-order valence-corrected chi connectivity index (χ3v) is 3.21. The second-order valence-corrected chi connectivity index (χ2v) is 5.12. The summed E-state index contributed by atoms with van der Waals surface area (Å²) in [6, 6.07) is 5.61. The van der Waals surface area contributed by atoms with Gasteiger partial charge >= 0.3 is 0 Å². The molecule has 1 N–H and O–H groups in total. The molecule has 2 aromatic rings. The molecule has 0 atom stereocenters. The molecule has 104 valence electrons. The lowest BCUT2D eigenvalue weighted by Crippen LogP contribution is -2.17. The van der Waals surface area contributed by atoms with E-state index in [0.717, 1.165) is 18.2 Å². The molecule has 0 unspecified atom stereocenters. The van der Waals surface area contributed by atoms with E-state index in [0.29, 0.717) is 0 Å². The summed E-state index contributed by atoms with van der Waals surface area (Å²) in [6.45, 7) is 0. The van der Waals surface area contributed by atoms with Crippen molar-refractivity contribution < 1.29 is 18.0 Å². The van der Waals surface area contributed by atoms with Crippen LogP contribution < -0.4 is 5.32 Å². The van der Waals surface area contributed by atoms with E-state index in [4.69, 9.17) is 11.6 Å². The Kier molecular flexibility index (Phi) is 4.35. The Balaban J connectivity index is 2.39. The van der Waals surface area contributed by atoms with Crippen molar-refractivity contribution in [3.8, 4) is 0 Å². The van der Waals surface area contributed by atoms with E-state index in [1.165, 1.54) is 12.1 Å². The largest absolute Gasteiger partial charge is 0.318 e.